The maximum atomic E-state index is 13.2. The first kappa shape index (κ1) is 25.0. The van der Waals surface area contributed by atoms with Crippen molar-refractivity contribution in [2.24, 2.45) is 0 Å². The lowest BCUT2D eigenvalue weighted by atomic mass is 10.1. The summed E-state index contributed by atoms with van der Waals surface area (Å²) in [5.74, 6) is 1.22. The average molecular weight is 492 g/mol. The quantitative estimate of drug-likeness (QED) is 0.439. The van der Waals surface area contributed by atoms with Crippen molar-refractivity contribution in [3.05, 3.63) is 54.0 Å². The zero-order valence-electron chi connectivity index (χ0n) is 19.2. The second kappa shape index (κ2) is 11.0. The molecule has 1 amide bonds. The number of rotatable bonds is 11. The number of nitrogens with one attached hydrogen (secondary N) is 1. The first-order valence-corrected chi connectivity index (χ1v) is 13.5. The molecule has 0 aliphatic carbocycles. The summed E-state index contributed by atoms with van der Waals surface area (Å²) in [6.07, 6.45) is 4.49. The minimum atomic E-state index is -3.82. The summed E-state index contributed by atoms with van der Waals surface area (Å²) in [6, 6.07) is 9.64. The molecule has 1 atom stereocenters. The lowest BCUT2D eigenvalue weighted by molar-refractivity contribution is 0.0933. The Kier molecular flexibility index (Phi) is 8.33. The molecule has 0 aliphatic heterocycles. The van der Waals surface area contributed by atoms with Crippen LogP contribution in [0.2, 0.25) is 0 Å². The minimum Gasteiger partial charge on any atom is -0.495 e. The van der Waals surface area contributed by atoms with Crippen LogP contribution in [0.5, 0.6) is 5.75 Å². The fraction of sp³-hybridized carbons (Fsp3) is 0.409. The molecule has 1 N–H and O–H groups in total. The Hall–Kier alpha value is -2.63. The molecule has 0 fully saturated rings. The summed E-state index contributed by atoms with van der Waals surface area (Å²) in [5.41, 5.74) is 0.914. The van der Waals surface area contributed by atoms with Gasteiger partial charge in [-0.3, -0.25) is 9.20 Å². The van der Waals surface area contributed by atoms with Gasteiger partial charge in [-0.25, -0.2) is 8.42 Å². The van der Waals surface area contributed by atoms with Crippen molar-refractivity contribution < 1.29 is 17.9 Å². The SMILES string of the molecule is CCN(CC)S(=O)(=O)c1cc(C(=O)NC(CCSC)c2nnc3ccccn23)ccc1OC. The number of carbonyl (C=O) groups excluding carboxylic acids is 1. The van der Waals surface area contributed by atoms with E-state index < -0.39 is 22.0 Å². The van der Waals surface area contributed by atoms with Gasteiger partial charge in [0.2, 0.25) is 10.0 Å². The van der Waals surface area contributed by atoms with Crippen molar-refractivity contribution in [1.29, 1.82) is 0 Å². The van der Waals surface area contributed by atoms with Gasteiger partial charge in [0, 0.05) is 24.8 Å². The van der Waals surface area contributed by atoms with Crippen LogP contribution in [0.15, 0.2) is 47.5 Å². The molecule has 1 unspecified atom stereocenters. The van der Waals surface area contributed by atoms with Crippen LogP contribution < -0.4 is 10.1 Å². The van der Waals surface area contributed by atoms with Crippen molar-refractivity contribution in [2.75, 3.05) is 32.2 Å². The monoisotopic (exact) mass is 491 g/mol. The normalized spacial score (nSPS) is 12.8. The smallest absolute Gasteiger partial charge is 0.251 e. The van der Waals surface area contributed by atoms with Crippen molar-refractivity contribution in [3.8, 4) is 5.75 Å². The summed E-state index contributed by atoms with van der Waals surface area (Å²) < 4.78 is 34.7. The molecule has 1 aromatic carbocycles. The van der Waals surface area contributed by atoms with Crippen molar-refractivity contribution in [1.82, 2.24) is 24.2 Å². The topological polar surface area (TPSA) is 106 Å². The van der Waals surface area contributed by atoms with Crippen LogP contribution in [-0.2, 0) is 10.0 Å². The molecule has 3 rings (SSSR count). The Bertz CT molecular complexity index is 1210. The van der Waals surface area contributed by atoms with Crippen LogP contribution in [0.3, 0.4) is 0 Å². The van der Waals surface area contributed by atoms with Gasteiger partial charge in [0.15, 0.2) is 11.5 Å². The van der Waals surface area contributed by atoms with E-state index in [1.54, 1.807) is 31.7 Å². The van der Waals surface area contributed by atoms with E-state index in [0.717, 1.165) is 5.75 Å². The average Bonchev–Trinajstić information content (AvgIpc) is 3.26. The highest BCUT2D eigenvalue weighted by Gasteiger charge is 2.28. The standard InChI is InChI=1S/C22H29N5O4S2/c1-5-26(6-2)33(29,30)19-15-16(10-11-18(19)31-3)22(28)23-17(12-14-32-4)21-25-24-20-9-7-8-13-27(20)21/h7-11,13,15,17H,5-6,12,14H2,1-4H3,(H,23,28). The zero-order chi connectivity index (χ0) is 24.0. The summed E-state index contributed by atoms with van der Waals surface area (Å²) in [7, 11) is -2.41. The Morgan fingerprint density at radius 2 is 1.97 bits per heavy atom. The molecule has 3 aromatic rings. The number of hydrogen-bond donors (Lipinski definition) is 1. The number of hydrogen-bond acceptors (Lipinski definition) is 7. The molecular weight excluding hydrogens is 462 g/mol. The molecule has 9 nitrogen and oxygen atoms in total. The number of aromatic nitrogens is 3. The number of pyridine rings is 1. The molecule has 2 heterocycles. The lowest BCUT2D eigenvalue weighted by Gasteiger charge is -2.21. The van der Waals surface area contributed by atoms with Gasteiger partial charge < -0.3 is 10.1 Å². The number of benzene rings is 1. The number of sulfonamides is 1. The second-order valence-corrected chi connectivity index (χ2v) is 10.1. The van der Waals surface area contributed by atoms with E-state index in [4.69, 9.17) is 4.74 Å². The van der Waals surface area contributed by atoms with E-state index in [9.17, 15) is 13.2 Å². The predicted octanol–water partition coefficient (Wildman–Crippen LogP) is 2.99. The summed E-state index contributed by atoms with van der Waals surface area (Å²) in [5, 5.41) is 11.5. The lowest BCUT2D eigenvalue weighted by Crippen LogP contribution is -2.32. The molecule has 0 spiro atoms. The molecule has 0 radical (unpaired) electrons. The van der Waals surface area contributed by atoms with Gasteiger partial charge in [0.25, 0.3) is 5.91 Å². The predicted molar refractivity (Wildman–Crippen MR) is 129 cm³/mol. The summed E-state index contributed by atoms with van der Waals surface area (Å²) in [4.78, 5) is 13.2. The molecule has 0 saturated heterocycles. The Labute approximate surface area is 198 Å². The van der Waals surface area contributed by atoms with E-state index in [-0.39, 0.29) is 16.2 Å². The third-order valence-corrected chi connectivity index (χ3v) is 8.03. The summed E-state index contributed by atoms with van der Waals surface area (Å²) >= 11 is 1.66. The first-order valence-electron chi connectivity index (χ1n) is 10.6. The Balaban J connectivity index is 1.96. The molecule has 33 heavy (non-hydrogen) atoms. The van der Waals surface area contributed by atoms with Crippen LogP contribution >= 0.6 is 11.8 Å². The Morgan fingerprint density at radius 1 is 1.21 bits per heavy atom. The number of amides is 1. The van der Waals surface area contributed by atoms with Crippen LogP contribution in [-0.4, -0.2) is 65.4 Å². The van der Waals surface area contributed by atoms with Gasteiger partial charge in [-0.15, -0.1) is 10.2 Å². The second-order valence-electron chi connectivity index (χ2n) is 7.25. The molecule has 0 aliphatic rings. The number of carbonyl (C=O) groups is 1. The van der Waals surface area contributed by atoms with Crippen molar-refractivity contribution in [3.63, 3.8) is 0 Å². The molecule has 0 saturated carbocycles. The van der Waals surface area contributed by atoms with Crippen LogP contribution in [0, 0.1) is 0 Å². The molecule has 178 valence electrons. The van der Waals surface area contributed by atoms with Gasteiger partial charge in [-0.2, -0.15) is 16.1 Å². The van der Waals surface area contributed by atoms with Gasteiger partial charge in [-0.1, -0.05) is 19.9 Å². The zero-order valence-corrected chi connectivity index (χ0v) is 20.8. The maximum absolute atomic E-state index is 13.2. The van der Waals surface area contributed by atoms with Crippen LogP contribution in [0.1, 0.15) is 42.5 Å². The fourth-order valence-corrected chi connectivity index (χ4v) is 5.67. The number of fused-ring (bicyclic) bond motifs is 1. The third-order valence-electron chi connectivity index (χ3n) is 5.32. The van der Waals surface area contributed by atoms with E-state index in [1.165, 1.54) is 23.5 Å². The number of ether oxygens (including phenoxy) is 1. The van der Waals surface area contributed by atoms with E-state index >= 15 is 0 Å². The van der Waals surface area contributed by atoms with Crippen molar-refractivity contribution in [2.45, 2.75) is 31.2 Å². The van der Waals surface area contributed by atoms with Crippen LogP contribution in [0.4, 0.5) is 0 Å². The highest BCUT2D eigenvalue weighted by Crippen LogP contribution is 2.28. The van der Waals surface area contributed by atoms with E-state index in [1.807, 2.05) is 35.1 Å². The number of nitrogens with zero attached hydrogens (tertiary/aromatic N) is 4. The fourth-order valence-electron chi connectivity index (χ4n) is 3.56. The molecular formula is C22H29N5O4S2. The third kappa shape index (κ3) is 5.31. The minimum absolute atomic E-state index is 0.0325. The van der Waals surface area contributed by atoms with Gasteiger partial charge >= 0.3 is 0 Å². The van der Waals surface area contributed by atoms with Gasteiger partial charge in [0.05, 0.1) is 13.2 Å². The number of thioether (sulfide) groups is 1. The largest absolute Gasteiger partial charge is 0.495 e. The van der Waals surface area contributed by atoms with Crippen molar-refractivity contribution >= 4 is 33.3 Å². The van der Waals surface area contributed by atoms with Gasteiger partial charge in [-0.05, 0) is 48.8 Å². The highest BCUT2D eigenvalue weighted by molar-refractivity contribution is 7.98. The highest BCUT2D eigenvalue weighted by atomic mass is 32.2. The van der Waals surface area contributed by atoms with Crippen LogP contribution in [0.25, 0.3) is 5.65 Å². The molecule has 11 heteroatoms. The molecule has 0 bridgehead atoms. The van der Waals surface area contributed by atoms with E-state index in [0.29, 0.717) is 31.0 Å². The van der Waals surface area contributed by atoms with E-state index in [2.05, 4.69) is 15.5 Å². The Morgan fingerprint density at radius 3 is 2.64 bits per heavy atom. The molecule has 2 aromatic heterocycles. The first-order chi connectivity index (χ1) is 15.9. The summed E-state index contributed by atoms with van der Waals surface area (Å²) in [6.45, 7) is 4.16. The van der Waals surface area contributed by atoms with Gasteiger partial charge in [0.1, 0.15) is 10.6 Å². The number of methoxy groups -OCH3 is 1. The maximum Gasteiger partial charge on any atom is 0.251 e.